The van der Waals surface area contributed by atoms with E-state index < -0.39 is 24.3 Å². The van der Waals surface area contributed by atoms with Crippen LogP contribution in [0.1, 0.15) is 39.0 Å². The summed E-state index contributed by atoms with van der Waals surface area (Å²) >= 11 is 2.78. The summed E-state index contributed by atoms with van der Waals surface area (Å²) in [6.45, 7) is 4.91. The number of carbonyl (C=O) groups excluding carboxylic acids is 3. The molecule has 3 rings (SSSR count). The van der Waals surface area contributed by atoms with Gasteiger partial charge >= 0.3 is 11.9 Å². The van der Waals surface area contributed by atoms with Gasteiger partial charge in [-0.3, -0.25) is 9.59 Å². The Morgan fingerprint density at radius 1 is 1.17 bits per heavy atom. The number of aryl methyl sites for hydroxylation is 1. The summed E-state index contributed by atoms with van der Waals surface area (Å²) in [5.74, 6) is -1.33. The molecule has 0 radical (unpaired) electrons. The zero-order valence-corrected chi connectivity index (χ0v) is 17.9. The lowest BCUT2D eigenvalue weighted by molar-refractivity contribution is -0.139. The Morgan fingerprint density at radius 2 is 1.93 bits per heavy atom. The van der Waals surface area contributed by atoms with E-state index in [2.05, 4.69) is 9.97 Å². The van der Waals surface area contributed by atoms with Gasteiger partial charge in [0, 0.05) is 5.69 Å². The molecule has 1 N–H and O–H groups in total. The fourth-order valence-electron chi connectivity index (χ4n) is 2.83. The largest absolute Gasteiger partial charge is 0.462 e. The van der Waals surface area contributed by atoms with Gasteiger partial charge in [0.05, 0.1) is 33.8 Å². The fourth-order valence-corrected chi connectivity index (χ4v) is 4.70. The van der Waals surface area contributed by atoms with Crippen LogP contribution in [0.4, 0.5) is 0 Å². The highest BCUT2D eigenvalue weighted by Crippen LogP contribution is 2.29. The lowest BCUT2D eigenvalue weighted by Crippen LogP contribution is -2.16. The van der Waals surface area contributed by atoms with Crippen molar-refractivity contribution >= 4 is 51.0 Å². The van der Waals surface area contributed by atoms with Crippen molar-refractivity contribution in [3.8, 4) is 0 Å². The Morgan fingerprint density at radius 3 is 2.66 bits per heavy atom. The highest BCUT2D eigenvalue weighted by atomic mass is 32.2. The molecule has 0 spiro atoms. The number of nitrogens with one attached hydrogen (secondary N) is 1. The number of esters is 2. The van der Waals surface area contributed by atoms with Crippen molar-refractivity contribution in [2.45, 2.75) is 25.1 Å². The zero-order chi connectivity index (χ0) is 21.0. The molecule has 0 atom stereocenters. The van der Waals surface area contributed by atoms with E-state index in [1.54, 1.807) is 20.8 Å². The molecule has 1 aromatic carbocycles. The molecule has 7 nitrogen and oxygen atoms in total. The number of H-pyrrole nitrogens is 1. The molecule has 9 heteroatoms. The molecule has 2 heterocycles. The van der Waals surface area contributed by atoms with Crippen LogP contribution in [-0.4, -0.2) is 46.7 Å². The number of hydrogen-bond donors (Lipinski definition) is 1. The third-order valence-electron chi connectivity index (χ3n) is 4.15. The Hall–Kier alpha value is -2.65. The van der Waals surface area contributed by atoms with Gasteiger partial charge in [-0.2, -0.15) is 0 Å². The third kappa shape index (κ3) is 4.86. The second-order valence-electron chi connectivity index (χ2n) is 6.17. The van der Waals surface area contributed by atoms with Crippen LogP contribution in [0.15, 0.2) is 28.6 Å². The predicted octanol–water partition coefficient (Wildman–Crippen LogP) is 3.94. The summed E-state index contributed by atoms with van der Waals surface area (Å²) in [6.07, 6.45) is 0. The van der Waals surface area contributed by atoms with Crippen molar-refractivity contribution in [3.05, 3.63) is 46.8 Å². The number of ketones is 1. The molecular weight excluding hydrogens is 412 g/mol. The van der Waals surface area contributed by atoms with Crippen LogP contribution in [0.5, 0.6) is 0 Å². The number of aromatic amines is 1. The maximum atomic E-state index is 12.4. The average Bonchev–Trinajstić information content (AvgIpc) is 3.24. The van der Waals surface area contributed by atoms with Crippen molar-refractivity contribution in [2.24, 2.45) is 0 Å². The van der Waals surface area contributed by atoms with E-state index in [0.29, 0.717) is 16.8 Å². The smallest absolute Gasteiger partial charge is 0.340 e. The lowest BCUT2D eigenvalue weighted by Gasteiger charge is -2.04. The van der Waals surface area contributed by atoms with E-state index in [1.807, 2.05) is 24.3 Å². The van der Waals surface area contributed by atoms with Gasteiger partial charge in [-0.05, 0) is 38.5 Å². The number of aromatic nitrogens is 2. The monoisotopic (exact) mass is 432 g/mol. The zero-order valence-electron chi connectivity index (χ0n) is 16.2. The molecule has 29 heavy (non-hydrogen) atoms. The van der Waals surface area contributed by atoms with Crippen LogP contribution in [0.3, 0.4) is 0 Å². The standard InChI is InChI=1S/C20H20N2O5S2/c1-4-26-19(25)17-11(2)18(21-12(17)3)14(23)9-27-16(24)10-28-20-22-13-7-5-6-8-15(13)29-20/h5-8,21H,4,9-10H2,1-3H3. The molecule has 0 fully saturated rings. The highest BCUT2D eigenvalue weighted by Gasteiger charge is 2.23. The van der Waals surface area contributed by atoms with E-state index in [0.717, 1.165) is 14.6 Å². The van der Waals surface area contributed by atoms with Crippen LogP contribution in [-0.2, 0) is 14.3 Å². The Kier molecular flexibility index (Phi) is 6.71. The molecule has 0 unspecified atom stereocenters. The van der Waals surface area contributed by atoms with Crippen LogP contribution in [0, 0.1) is 13.8 Å². The van der Waals surface area contributed by atoms with E-state index in [1.165, 1.54) is 23.1 Å². The summed E-state index contributed by atoms with van der Waals surface area (Å²) in [5.41, 5.74) is 2.51. The Bertz CT molecular complexity index is 1040. The van der Waals surface area contributed by atoms with Crippen molar-refractivity contribution in [3.63, 3.8) is 0 Å². The number of para-hydroxylation sites is 1. The topological polar surface area (TPSA) is 98.4 Å². The molecule has 0 bridgehead atoms. The number of thiazole rings is 1. The molecule has 0 amide bonds. The number of carbonyl (C=O) groups is 3. The number of hydrogen-bond acceptors (Lipinski definition) is 8. The summed E-state index contributed by atoms with van der Waals surface area (Å²) in [5, 5.41) is 0. The van der Waals surface area contributed by atoms with Crippen molar-refractivity contribution < 1.29 is 23.9 Å². The predicted molar refractivity (Wildman–Crippen MR) is 112 cm³/mol. The SMILES string of the molecule is CCOC(=O)c1c(C)[nH]c(C(=O)COC(=O)CSc2nc3ccccc3s2)c1C. The molecule has 3 aromatic rings. The summed E-state index contributed by atoms with van der Waals surface area (Å²) < 4.78 is 11.9. The second kappa shape index (κ2) is 9.23. The normalized spacial score (nSPS) is 10.9. The first-order valence-electron chi connectivity index (χ1n) is 8.94. The number of nitrogens with zero attached hydrogens (tertiary/aromatic N) is 1. The van der Waals surface area contributed by atoms with Gasteiger partial charge in [0.15, 0.2) is 10.9 Å². The molecule has 152 valence electrons. The average molecular weight is 433 g/mol. The van der Waals surface area contributed by atoms with E-state index >= 15 is 0 Å². The number of ether oxygens (including phenoxy) is 2. The van der Waals surface area contributed by atoms with Crippen molar-refractivity contribution in [1.29, 1.82) is 0 Å². The minimum absolute atomic E-state index is 0.0594. The maximum absolute atomic E-state index is 12.4. The molecule has 0 aliphatic heterocycles. The van der Waals surface area contributed by atoms with Gasteiger partial charge in [0.2, 0.25) is 5.78 Å². The minimum atomic E-state index is -0.505. The Labute approximate surface area is 175 Å². The van der Waals surface area contributed by atoms with Gasteiger partial charge in [0.1, 0.15) is 0 Å². The molecule has 0 aliphatic carbocycles. The highest BCUT2D eigenvalue weighted by molar-refractivity contribution is 8.01. The molecule has 0 saturated carbocycles. The van der Waals surface area contributed by atoms with Crippen LogP contribution < -0.4 is 0 Å². The van der Waals surface area contributed by atoms with Gasteiger partial charge < -0.3 is 14.5 Å². The van der Waals surface area contributed by atoms with Crippen LogP contribution in [0.2, 0.25) is 0 Å². The van der Waals surface area contributed by atoms with Crippen molar-refractivity contribution in [2.75, 3.05) is 19.0 Å². The summed E-state index contributed by atoms with van der Waals surface area (Å²) in [6, 6.07) is 7.73. The quantitative estimate of drug-likeness (QED) is 0.327. The first-order chi connectivity index (χ1) is 13.9. The third-order valence-corrected chi connectivity index (χ3v) is 6.30. The van der Waals surface area contributed by atoms with Crippen LogP contribution >= 0.6 is 23.1 Å². The Balaban J connectivity index is 1.55. The second-order valence-corrected chi connectivity index (χ2v) is 8.42. The van der Waals surface area contributed by atoms with Gasteiger partial charge in [0.25, 0.3) is 0 Å². The van der Waals surface area contributed by atoms with E-state index in [-0.39, 0.29) is 18.1 Å². The first kappa shape index (κ1) is 21.1. The van der Waals surface area contributed by atoms with E-state index in [4.69, 9.17) is 9.47 Å². The van der Waals surface area contributed by atoms with Gasteiger partial charge in [-0.15, -0.1) is 11.3 Å². The number of fused-ring (bicyclic) bond motifs is 1. The van der Waals surface area contributed by atoms with E-state index in [9.17, 15) is 14.4 Å². The number of Topliss-reactive ketones (excluding diaryl/α,β-unsaturated/α-hetero) is 1. The fraction of sp³-hybridized carbons (Fsp3) is 0.300. The first-order valence-corrected chi connectivity index (χ1v) is 10.7. The molecular formula is C20H20N2O5S2. The number of rotatable bonds is 8. The summed E-state index contributed by atoms with van der Waals surface area (Å²) in [4.78, 5) is 43.8. The molecule has 0 aliphatic rings. The summed E-state index contributed by atoms with van der Waals surface area (Å²) in [7, 11) is 0. The maximum Gasteiger partial charge on any atom is 0.340 e. The van der Waals surface area contributed by atoms with Gasteiger partial charge in [-0.1, -0.05) is 23.9 Å². The van der Waals surface area contributed by atoms with Crippen molar-refractivity contribution in [1.82, 2.24) is 9.97 Å². The molecule has 0 saturated heterocycles. The lowest BCUT2D eigenvalue weighted by atomic mass is 10.1. The van der Waals surface area contributed by atoms with Gasteiger partial charge in [-0.25, -0.2) is 9.78 Å². The minimum Gasteiger partial charge on any atom is -0.462 e. The van der Waals surface area contributed by atoms with Crippen LogP contribution in [0.25, 0.3) is 10.2 Å². The number of thioether (sulfide) groups is 1. The number of benzene rings is 1. The molecule has 2 aromatic heterocycles.